The zero-order valence-corrected chi connectivity index (χ0v) is 17.9. The van der Waals surface area contributed by atoms with E-state index in [4.69, 9.17) is 16.6 Å². The molecule has 1 aliphatic heterocycles. The number of aryl methyl sites for hydroxylation is 1. The van der Waals surface area contributed by atoms with Crippen LogP contribution in [0.3, 0.4) is 0 Å². The number of hydrogen-bond acceptors (Lipinski definition) is 4. The Morgan fingerprint density at radius 3 is 2.69 bits per heavy atom. The van der Waals surface area contributed by atoms with Crippen molar-refractivity contribution in [3.05, 3.63) is 59.7 Å². The van der Waals surface area contributed by atoms with Crippen LogP contribution in [0.25, 0.3) is 0 Å². The lowest BCUT2D eigenvalue weighted by Gasteiger charge is -2.36. The van der Waals surface area contributed by atoms with Crippen molar-refractivity contribution in [3.63, 3.8) is 0 Å². The van der Waals surface area contributed by atoms with E-state index in [0.29, 0.717) is 13.1 Å². The van der Waals surface area contributed by atoms with Crippen LogP contribution < -0.4 is 5.32 Å². The second-order valence-corrected chi connectivity index (χ2v) is 7.50. The fourth-order valence-corrected chi connectivity index (χ4v) is 3.53. The Kier molecular flexibility index (Phi) is 8.07. The fraction of sp³-hybridized carbons (Fsp3) is 0.476. The number of aliphatic imine (C=N–C) groups is 1. The lowest BCUT2D eigenvalue weighted by Crippen LogP contribution is -2.52. The minimum Gasteiger partial charge on any atom is -0.353 e. The van der Waals surface area contributed by atoms with Crippen molar-refractivity contribution in [2.24, 2.45) is 4.99 Å². The van der Waals surface area contributed by atoms with Crippen LogP contribution in [0.2, 0.25) is 5.02 Å². The molecule has 156 valence electrons. The number of benzene rings is 1. The van der Waals surface area contributed by atoms with Gasteiger partial charge in [-0.3, -0.25) is 9.89 Å². The van der Waals surface area contributed by atoms with Gasteiger partial charge >= 0.3 is 0 Å². The lowest BCUT2D eigenvalue weighted by atomic mass is 10.2. The molecule has 0 saturated carbocycles. The Labute approximate surface area is 178 Å². The molecule has 1 aromatic carbocycles. The Morgan fingerprint density at radius 2 is 2.00 bits per heavy atom. The van der Waals surface area contributed by atoms with Gasteiger partial charge in [-0.25, -0.2) is 0 Å². The maximum atomic E-state index is 5.99. The zero-order valence-electron chi connectivity index (χ0n) is 17.1. The van der Waals surface area contributed by atoms with E-state index >= 15 is 0 Å². The number of halogens is 1. The molecule has 1 saturated heterocycles. The first kappa shape index (κ1) is 21.3. The smallest absolute Gasteiger partial charge is 0.194 e. The Morgan fingerprint density at radius 1 is 1.24 bits per heavy atom. The Balaban J connectivity index is 1.53. The first-order valence-corrected chi connectivity index (χ1v) is 10.5. The van der Waals surface area contributed by atoms with E-state index in [2.05, 4.69) is 55.5 Å². The molecule has 1 fully saturated rings. The number of nitrogens with one attached hydrogen (secondary N) is 1. The summed E-state index contributed by atoms with van der Waals surface area (Å²) < 4.78 is 2.07. The molecule has 29 heavy (non-hydrogen) atoms. The first-order valence-electron chi connectivity index (χ1n) is 10.2. The van der Waals surface area contributed by atoms with Gasteiger partial charge in [0.2, 0.25) is 0 Å². The molecule has 7 nitrogen and oxygen atoms in total. The molecule has 0 bridgehead atoms. The van der Waals surface area contributed by atoms with E-state index in [9.17, 15) is 0 Å². The van der Waals surface area contributed by atoms with Crippen LogP contribution in [0.5, 0.6) is 0 Å². The molecular formula is C21H30ClN7. The van der Waals surface area contributed by atoms with Gasteiger partial charge in [0.05, 0.1) is 6.54 Å². The fourth-order valence-electron chi connectivity index (χ4n) is 3.40. The van der Waals surface area contributed by atoms with Crippen LogP contribution in [0.4, 0.5) is 0 Å². The molecule has 2 aromatic rings. The molecule has 1 aliphatic rings. The second-order valence-electron chi connectivity index (χ2n) is 7.06. The van der Waals surface area contributed by atoms with Crippen molar-refractivity contribution in [1.29, 1.82) is 0 Å². The molecule has 1 aromatic heterocycles. The van der Waals surface area contributed by atoms with Crippen molar-refractivity contribution >= 4 is 17.6 Å². The van der Waals surface area contributed by atoms with Gasteiger partial charge in [-0.15, -0.1) is 16.8 Å². The van der Waals surface area contributed by atoms with Crippen molar-refractivity contribution in [2.75, 3.05) is 39.3 Å². The van der Waals surface area contributed by atoms with Crippen LogP contribution in [0, 0.1) is 0 Å². The maximum Gasteiger partial charge on any atom is 0.194 e. The average molecular weight is 416 g/mol. The number of nitrogens with zero attached hydrogens (tertiary/aromatic N) is 6. The highest BCUT2D eigenvalue weighted by Gasteiger charge is 2.19. The number of rotatable bonds is 8. The molecule has 0 atom stereocenters. The predicted molar refractivity (Wildman–Crippen MR) is 118 cm³/mol. The monoisotopic (exact) mass is 415 g/mol. The zero-order chi connectivity index (χ0) is 20.5. The van der Waals surface area contributed by atoms with E-state index in [-0.39, 0.29) is 0 Å². The normalized spacial score (nSPS) is 15.5. The topological polar surface area (TPSA) is 61.6 Å². The summed E-state index contributed by atoms with van der Waals surface area (Å²) in [6.07, 6.45) is 4.52. The molecule has 2 heterocycles. The van der Waals surface area contributed by atoms with Gasteiger partial charge < -0.3 is 14.8 Å². The molecule has 0 spiro atoms. The first-order chi connectivity index (χ1) is 14.2. The summed E-state index contributed by atoms with van der Waals surface area (Å²) in [6, 6.07) is 8.11. The molecule has 3 rings (SSSR count). The highest BCUT2D eigenvalue weighted by molar-refractivity contribution is 6.30. The van der Waals surface area contributed by atoms with Crippen molar-refractivity contribution < 1.29 is 0 Å². The summed E-state index contributed by atoms with van der Waals surface area (Å²) in [5, 5.41) is 12.3. The third-order valence-corrected chi connectivity index (χ3v) is 5.26. The quantitative estimate of drug-likeness (QED) is 0.407. The summed E-state index contributed by atoms with van der Waals surface area (Å²) in [5.41, 5.74) is 1.29. The van der Waals surface area contributed by atoms with Crippen molar-refractivity contribution in [3.8, 4) is 0 Å². The van der Waals surface area contributed by atoms with Gasteiger partial charge in [-0.05, 0) is 17.7 Å². The van der Waals surface area contributed by atoms with Gasteiger partial charge in [-0.2, -0.15) is 0 Å². The van der Waals surface area contributed by atoms with E-state index in [1.807, 2.05) is 18.2 Å². The molecule has 0 unspecified atom stereocenters. The van der Waals surface area contributed by atoms with Crippen molar-refractivity contribution in [1.82, 2.24) is 29.9 Å². The highest BCUT2D eigenvalue weighted by Crippen LogP contribution is 2.13. The Hall–Kier alpha value is -2.38. The number of aromatic nitrogens is 3. The van der Waals surface area contributed by atoms with Crippen molar-refractivity contribution in [2.45, 2.75) is 26.4 Å². The summed E-state index contributed by atoms with van der Waals surface area (Å²) in [6.45, 7) is 12.9. The number of hydrogen-bond donors (Lipinski definition) is 1. The van der Waals surface area contributed by atoms with Gasteiger partial charge in [0.1, 0.15) is 12.2 Å². The minimum atomic E-state index is 0.690. The van der Waals surface area contributed by atoms with E-state index in [0.717, 1.165) is 62.5 Å². The molecule has 8 heteroatoms. The molecule has 0 amide bonds. The summed E-state index contributed by atoms with van der Waals surface area (Å²) in [7, 11) is 0. The van der Waals surface area contributed by atoms with Gasteiger partial charge in [0.15, 0.2) is 5.96 Å². The molecule has 1 N–H and O–H groups in total. The number of guanidine groups is 1. The maximum absolute atomic E-state index is 5.99. The van der Waals surface area contributed by atoms with Crippen LogP contribution in [0.15, 0.2) is 48.2 Å². The van der Waals surface area contributed by atoms with E-state index in [1.165, 1.54) is 5.56 Å². The van der Waals surface area contributed by atoms with E-state index in [1.54, 1.807) is 6.33 Å². The second kappa shape index (κ2) is 11.0. The third-order valence-electron chi connectivity index (χ3n) is 5.01. The Bertz CT molecular complexity index is 792. The van der Waals surface area contributed by atoms with Crippen LogP contribution in [0.1, 0.15) is 18.3 Å². The molecular weight excluding hydrogens is 386 g/mol. The SMILES string of the molecule is C=CCNC(=NCCn1cnnc1CC)N1CCN(Cc2ccc(Cl)cc2)CC1. The van der Waals surface area contributed by atoms with Crippen LogP contribution >= 0.6 is 11.6 Å². The predicted octanol–water partition coefficient (Wildman–Crippen LogP) is 2.44. The van der Waals surface area contributed by atoms with Crippen LogP contribution in [-0.4, -0.2) is 69.8 Å². The summed E-state index contributed by atoms with van der Waals surface area (Å²) in [5.74, 6) is 1.94. The largest absolute Gasteiger partial charge is 0.353 e. The van der Waals surface area contributed by atoms with Crippen LogP contribution in [-0.2, 0) is 19.5 Å². The van der Waals surface area contributed by atoms with Gasteiger partial charge in [0.25, 0.3) is 0 Å². The van der Waals surface area contributed by atoms with Gasteiger partial charge in [-0.1, -0.05) is 36.7 Å². The van der Waals surface area contributed by atoms with E-state index < -0.39 is 0 Å². The summed E-state index contributed by atoms with van der Waals surface area (Å²) >= 11 is 5.99. The minimum absolute atomic E-state index is 0.690. The standard InChI is InChI=1S/C21H30ClN7/c1-3-9-23-21(24-10-11-29-17-25-26-20(29)4-2)28-14-12-27(13-15-28)16-18-5-7-19(22)8-6-18/h3,5-8,17H,1,4,9-16H2,2H3,(H,23,24). The number of piperazine rings is 1. The third kappa shape index (κ3) is 6.30. The molecule has 0 aliphatic carbocycles. The highest BCUT2D eigenvalue weighted by atomic mass is 35.5. The average Bonchev–Trinajstić information content (AvgIpc) is 3.20. The molecule has 0 radical (unpaired) electrons. The lowest BCUT2D eigenvalue weighted by molar-refractivity contribution is 0.172. The van der Waals surface area contributed by atoms with Gasteiger partial charge in [0, 0.05) is 57.3 Å². The summed E-state index contributed by atoms with van der Waals surface area (Å²) in [4.78, 5) is 9.62.